The van der Waals surface area contributed by atoms with Crippen molar-refractivity contribution in [1.82, 2.24) is 25.1 Å². The molecule has 2 aromatic heterocycles. The summed E-state index contributed by atoms with van der Waals surface area (Å²) in [5.74, 6) is 0.411. The quantitative estimate of drug-likeness (QED) is 0.253. The summed E-state index contributed by atoms with van der Waals surface area (Å²) in [6, 6.07) is 10.3. The molecule has 3 rings (SSSR count). The Bertz CT molecular complexity index is 1170. The lowest BCUT2D eigenvalue weighted by atomic mass is 10.0. The molecule has 0 saturated heterocycles. The molecule has 0 saturated carbocycles. The number of anilines is 1. The Labute approximate surface area is 200 Å². The number of hydrogen-bond acceptors (Lipinski definition) is 8. The van der Waals surface area contributed by atoms with Crippen LogP contribution in [-0.2, 0) is 11.3 Å². The zero-order chi connectivity index (χ0) is 24.7. The minimum Gasteiger partial charge on any atom is -0.342 e. The van der Waals surface area contributed by atoms with Crippen LogP contribution in [0.3, 0.4) is 0 Å². The fourth-order valence-electron chi connectivity index (χ4n) is 3.19. The van der Waals surface area contributed by atoms with E-state index < -0.39 is 16.9 Å². The highest BCUT2D eigenvalue weighted by molar-refractivity contribution is 7.99. The maximum atomic E-state index is 12.8. The zero-order valence-corrected chi connectivity index (χ0v) is 19.8. The van der Waals surface area contributed by atoms with Crippen LogP contribution in [0.5, 0.6) is 0 Å². The van der Waals surface area contributed by atoms with Crippen molar-refractivity contribution in [2.45, 2.75) is 38.5 Å². The number of rotatable bonds is 10. The number of benzene rings is 1. The molecule has 0 fully saturated rings. The van der Waals surface area contributed by atoms with Crippen molar-refractivity contribution in [3.63, 3.8) is 0 Å². The fraction of sp³-hybridized carbons (Fsp3) is 0.318. The number of carbonyl (C=O) groups excluding carboxylic acids is 2. The highest BCUT2D eigenvalue weighted by atomic mass is 32.2. The van der Waals surface area contributed by atoms with Crippen molar-refractivity contribution in [3.05, 3.63) is 70.2 Å². The molecule has 11 nitrogen and oxygen atoms in total. The SMILES string of the molecule is CCn1c(SCC(=O)Nc2ccccn2)nnc1[C@@H](NC(=O)c1cccc([N+](=O)[O-])c1)C(C)C. The summed E-state index contributed by atoms with van der Waals surface area (Å²) in [4.78, 5) is 39.7. The van der Waals surface area contributed by atoms with Gasteiger partial charge in [0.25, 0.3) is 11.6 Å². The third-order valence-corrected chi connectivity index (χ3v) is 5.84. The number of thioether (sulfide) groups is 1. The van der Waals surface area contributed by atoms with Gasteiger partial charge in [0.1, 0.15) is 5.82 Å². The number of nitro groups is 1. The first kappa shape index (κ1) is 24.8. The van der Waals surface area contributed by atoms with E-state index in [9.17, 15) is 19.7 Å². The van der Waals surface area contributed by atoms with Crippen LogP contribution in [0.1, 0.15) is 43.0 Å². The Kier molecular flexibility index (Phi) is 8.30. The third kappa shape index (κ3) is 6.16. The summed E-state index contributed by atoms with van der Waals surface area (Å²) in [6.45, 7) is 6.31. The molecule has 2 amide bonds. The summed E-state index contributed by atoms with van der Waals surface area (Å²) < 4.78 is 1.84. The lowest BCUT2D eigenvalue weighted by Crippen LogP contribution is -2.33. The van der Waals surface area contributed by atoms with E-state index in [1.807, 2.05) is 25.3 Å². The molecular formula is C22H25N7O4S. The predicted octanol–water partition coefficient (Wildman–Crippen LogP) is 3.46. The van der Waals surface area contributed by atoms with Gasteiger partial charge in [0.05, 0.1) is 16.7 Å². The normalized spacial score (nSPS) is 11.8. The number of aromatic nitrogens is 4. The molecule has 0 aliphatic carbocycles. The molecule has 3 aromatic rings. The van der Waals surface area contributed by atoms with E-state index >= 15 is 0 Å². The average molecular weight is 484 g/mol. The van der Waals surface area contributed by atoms with Gasteiger partial charge in [-0.1, -0.05) is 37.7 Å². The van der Waals surface area contributed by atoms with Crippen molar-refractivity contribution in [2.24, 2.45) is 5.92 Å². The van der Waals surface area contributed by atoms with Crippen LogP contribution in [0.15, 0.2) is 53.8 Å². The molecule has 12 heteroatoms. The molecule has 0 spiro atoms. The van der Waals surface area contributed by atoms with Crippen molar-refractivity contribution in [2.75, 3.05) is 11.1 Å². The number of pyridine rings is 1. The first-order valence-corrected chi connectivity index (χ1v) is 11.6. The fourth-order valence-corrected chi connectivity index (χ4v) is 4.00. The third-order valence-electron chi connectivity index (χ3n) is 4.88. The van der Waals surface area contributed by atoms with E-state index in [4.69, 9.17) is 0 Å². The Balaban J connectivity index is 1.73. The molecule has 0 bridgehead atoms. The minimum absolute atomic E-state index is 0.0394. The van der Waals surface area contributed by atoms with Crippen LogP contribution in [0.25, 0.3) is 0 Å². The summed E-state index contributed by atoms with van der Waals surface area (Å²) in [5, 5.41) is 25.7. The van der Waals surface area contributed by atoms with Crippen molar-refractivity contribution < 1.29 is 14.5 Å². The maximum Gasteiger partial charge on any atom is 0.270 e. The van der Waals surface area contributed by atoms with Crippen molar-refractivity contribution in [3.8, 4) is 0 Å². The smallest absolute Gasteiger partial charge is 0.270 e. The average Bonchev–Trinajstić information content (AvgIpc) is 3.24. The number of carbonyl (C=O) groups is 2. The lowest BCUT2D eigenvalue weighted by Gasteiger charge is -2.22. The highest BCUT2D eigenvalue weighted by Crippen LogP contribution is 2.26. The van der Waals surface area contributed by atoms with Crippen molar-refractivity contribution >= 4 is 35.1 Å². The van der Waals surface area contributed by atoms with Gasteiger partial charge < -0.3 is 15.2 Å². The number of nitrogens with one attached hydrogen (secondary N) is 2. The summed E-state index contributed by atoms with van der Waals surface area (Å²) >= 11 is 1.23. The van der Waals surface area contributed by atoms with Crippen LogP contribution in [-0.4, -0.2) is 42.2 Å². The van der Waals surface area contributed by atoms with Gasteiger partial charge in [-0.15, -0.1) is 10.2 Å². The minimum atomic E-state index is -0.544. The van der Waals surface area contributed by atoms with E-state index in [1.165, 1.54) is 36.0 Å². The van der Waals surface area contributed by atoms with Gasteiger partial charge in [0.15, 0.2) is 11.0 Å². The van der Waals surface area contributed by atoms with Gasteiger partial charge in [0, 0.05) is 30.4 Å². The first-order valence-electron chi connectivity index (χ1n) is 10.6. The van der Waals surface area contributed by atoms with Crippen LogP contribution in [0, 0.1) is 16.0 Å². The summed E-state index contributed by atoms with van der Waals surface area (Å²) in [5.41, 5.74) is 0.0244. The van der Waals surface area contributed by atoms with Crippen LogP contribution < -0.4 is 10.6 Å². The molecular weight excluding hydrogens is 458 g/mol. The lowest BCUT2D eigenvalue weighted by molar-refractivity contribution is -0.384. The molecule has 0 radical (unpaired) electrons. The molecule has 34 heavy (non-hydrogen) atoms. The molecule has 0 aliphatic rings. The standard InChI is InChI=1S/C22H25N7O4S/c1-4-28-20(26-27-22(28)34-13-18(30)24-17-10-5-6-11-23-17)19(14(2)3)25-21(31)15-8-7-9-16(12-15)29(32)33/h5-12,14,19H,4,13H2,1-3H3,(H,25,31)(H,23,24,30)/t19-/m0/s1. The molecule has 178 valence electrons. The Hall–Kier alpha value is -3.80. The second-order valence-electron chi connectivity index (χ2n) is 7.64. The Morgan fingerprint density at radius 1 is 1.18 bits per heavy atom. The molecule has 1 atom stereocenters. The van der Waals surface area contributed by atoms with Crippen LogP contribution in [0.2, 0.25) is 0 Å². The predicted molar refractivity (Wildman–Crippen MR) is 127 cm³/mol. The van der Waals surface area contributed by atoms with Gasteiger partial charge in [-0.3, -0.25) is 19.7 Å². The number of nitrogens with zero attached hydrogens (tertiary/aromatic N) is 5. The van der Waals surface area contributed by atoms with E-state index in [2.05, 4.69) is 25.8 Å². The van der Waals surface area contributed by atoms with E-state index in [1.54, 1.807) is 24.4 Å². The first-order chi connectivity index (χ1) is 16.3. The van der Waals surface area contributed by atoms with Crippen LogP contribution >= 0.6 is 11.8 Å². The number of hydrogen-bond donors (Lipinski definition) is 2. The van der Waals surface area contributed by atoms with Gasteiger partial charge in [-0.25, -0.2) is 4.98 Å². The molecule has 0 aliphatic heterocycles. The summed E-state index contributed by atoms with van der Waals surface area (Å²) in [6.07, 6.45) is 1.59. The zero-order valence-electron chi connectivity index (χ0n) is 19.0. The topological polar surface area (TPSA) is 145 Å². The largest absolute Gasteiger partial charge is 0.342 e. The number of nitro benzene ring substituents is 1. The van der Waals surface area contributed by atoms with E-state index in [0.29, 0.717) is 23.3 Å². The van der Waals surface area contributed by atoms with Gasteiger partial charge >= 0.3 is 0 Å². The monoisotopic (exact) mass is 483 g/mol. The summed E-state index contributed by atoms with van der Waals surface area (Å²) in [7, 11) is 0. The number of non-ortho nitro benzene ring substituents is 1. The Morgan fingerprint density at radius 3 is 2.62 bits per heavy atom. The van der Waals surface area contributed by atoms with Crippen molar-refractivity contribution in [1.29, 1.82) is 0 Å². The van der Waals surface area contributed by atoms with Crippen LogP contribution in [0.4, 0.5) is 11.5 Å². The molecule has 0 unspecified atom stereocenters. The Morgan fingerprint density at radius 2 is 1.97 bits per heavy atom. The van der Waals surface area contributed by atoms with E-state index in [0.717, 1.165) is 0 Å². The second kappa shape index (κ2) is 11.4. The van der Waals surface area contributed by atoms with E-state index in [-0.39, 0.29) is 28.8 Å². The highest BCUT2D eigenvalue weighted by Gasteiger charge is 2.26. The van der Waals surface area contributed by atoms with Gasteiger partial charge in [0.2, 0.25) is 5.91 Å². The second-order valence-corrected chi connectivity index (χ2v) is 8.58. The molecule has 1 aromatic carbocycles. The van der Waals surface area contributed by atoms with Gasteiger partial charge in [-0.05, 0) is 31.0 Å². The van der Waals surface area contributed by atoms with Gasteiger partial charge in [-0.2, -0.15) is 0 Å². The molecule has 2 N–H and O–H groups in total. The maximum absolute atomic E-state index is 12.8. The molecule has 2 heterocycles. The number of amides is 2.